The van der Waals surface area contributed by atoms with Gasteiger partial charge in [-0.3, -0.25) is 4.79 Å². The van der Waals surface area contributed by atoms with Crippen LogP contribution in [-0.2, 0) is 4.79 Å². The van der Waals surface area contributed by atoms with Crippen molar-refractivity contribution in [1.29, 1.82) is 0 Å². The maximum Gasteiger partial charge on any atom is 0.240 e. The van der Waals surface area contributed by atoms with Gasteiger partial charge in [0, 0.05) is 0 Å². The number of hydrogen-bond acceptors (Lipinski definition) is 3. The Morgan fingerprint density at radius 2 is 2.27 bits per heavy atom. The molecule has 2 N–H and O–H groups in total. The molecule has 2 fully saturated rings. The second kappa shape index (κ2) is 4.58. The number of fused-ring (bicyclic) bond motifs is 1. The van der Waals surface area contributed by atoms with E-state index < -0.39 is 0 Å². The first-order valence-electron chi connectivity index (χ1n) is 5.56. The highest BCUT2D eigenvalue weighted by molar-refractivity contribution is 7.99. The molecule has 4 heteroatoms. The quantitative estimate of drug-likeness (QED) is 0.686. The van der Waals surface area contributed by atoms with E-state index in [1.54, 1.807) is 0 Å². The van der Waals surface area contributed by atoms with Gasteiger partial charge in [-0.15, -0.1) is 18.3 Å². The normalized spacial score (nSPS) is 37.0. The lowest BCUT2D eigenvalue weighted by Crippen LogP contribution is -2.52. The predicted molar refractivity (Wildman–Crippen MR) is 63.5 cm³/mol. The molecule has 0 aromatic rings. The van der Waals surface area contributed by atoms with Crippen molar-refractivity contribution < 1.29 is 4.79 Å². The molecule has 15 heavy (non-hydrogen) atoms. The van der Waals surface area contributed by atoms with Gasteiger partial charge >= 0.3 is 0 Å². The average Bonchev–Trinajstić information content (AvgIpc) is 2.40. The lowest BCUT2D eigenvalue weighted by molar-refractivity contribution is -0.135. The van der Waals surface area contributed by atoms with Crippen LogP contribution in [0.4, 0.5) is 0 Å². The van der Waals surface area contributed by atoms with Crippen molar-refractivity contribution in [3.05, 3.63) is 12.7 Å². The Hall–Kier alpha value is -0.480. The van der Waals surface area contributed by atoms with Gasteiger partial charge in [0.15, 0.2) is 0 Å². The van der Waals surface area contributed by atoms with E-state index in [9.17, 15) is 4.79 Å². The molecule has 2 heterocycles. The maximum atomic E-state index is 12.1. The molecule has 0 aromatic carbocycles. The van der Waals surface area contributed by atoms with Gasteiger partial charge in [-0.2, -0.15) is 0 Å². The second-order valence-corrected chi connectivity index (χ2v) is 5.49. The Labute approximate surface area is 95.1 Å². The number of nitrogens with two attached hydrogens (primary N) is 1. The minimum Gasteiger partial charge on any atom is -0.323 e. The molecule has 0 bridgehead atoms. The molecule has 3 nitrogen and oxygen atoms in total. The zero-order valence-electron chi connectivity index (χ0n) is 8.89. The van der Waals surface area contributed by atoms with E-state index in [1.165, 1.54) is 6.42 Å². The molecular weight excluding hydrogens is 208 g/mol. The molecule has 3 atom stereocenters. The number of piperidine rings is 1. The van der Waals surface area contributed by atoms with E-state index in [1.807, 2.05) is 22.7 Å². The molecule has 84 valence electrons. The Morgan fingerprint density at radius 1 is 1.47 bits per heavy atom. The summed E-state index contributed by atoms with van der Waals surface area (Å²) in [6.45, 7) is 3.82. The predicted octanol–water partition coefficient (Wildman–Crippen LogP) is 1.34. The van der Waals surface area contributed by atoms with E-state index in [0.717, 1.165) is 25.0 Å². The summed E-state index contributed by atoms with van der Waals surface area (Å²) in [5.41, 5.74) is 5.86. The van der Waals surface area contributed by atoms with Crippen LogP contribution in [0.5, 0.6) is 0 Å². The highest BCUT2D eigenvalue weighted by Crippen LogP contribution is 2.34. The van der Waals surface area contributed by atoms with Crippen LogP contribution < -0.4 is 5.73 Å². The Bertz CT molecular complexity index is 269. The molecule has 2 aliphatic heterocycles. The van der Waals surface area contributed by atoms with Crippen LogP contribution in [0.25, 0.3) is 0 Å². The van der Waals surface area contributed by atoms with Gasteiger partial charge in [0.05, 0.1) is 17.5 Å². The van der Waals surface area contributed by atoms with E-state index >= 15 is 0 Å². The first-order valence-corrected chi connectivity index (χ1v) is 6.61. The van der Waals surface area contributed by atoms with Crippen LogP contribution >= 0.6 is 11.8 Å². The molecule has 0 radical (unpaired) electrons. The van der Waals surface area contributed by atoms with Crippen LogP contribution in [0, 0.1) is 0 Å². The number of thioether (sulfide) groups is 1. The average molecular weight is 226 g/mol. The fourth-order valence-electron chi connectivity index (χ4n) is 2.34. The fourth-order valence-corrected chi connectivity index (χ4v) is 3.76. The standard InChI is InChI=1S/C11H18N2OS/c1-2-8-4-3-5-10-13(8)11(14)9(12)6-7-15-10/h2,8-10H,1,3-7,12H2. The van der Waals surface area contributed by atoms with Crippen molar-refractivity contribution in [2.24, 2.45) is 5.73 Å². The third-order valence-corrected chi connectivity index (χ3v) is 4.52. The van der Waals surface area contributed by atoms with Crippen LogP contribution in [0.15, 0.2) is 12.7 Å². The monoisotopic (exact) mass is 226 g/mol. The Morgan fingerprint density at radius 3 is 3.00 bits per heavy atom. The first-order chi connectivity index (χ1) is 7.24. The van der Waals surface area contributed by atoms with Gasteiger partial charge in [-0.05, 0) is 31.4 Å². The van der Waals surface area contributed by atoms with Gasteiger partial charge < -0.3 is 10.6 Å². The highest BCUT2D eigenvalue weighted by Gasteiger charge is 2.37. The fraction of sp³-hybridized carbons (Fsp3) is 0.727. The van der Waals surface area contributed by atoms with Gasteiger partial charge in [0.1, 0.15) is 0 Å². The van der Waals surface area contributed by atoms with Crippen LogP contribution in [0.3, 0.4) is 0 Å². The van der Waals surface area contributed by atoms with Crippen molar-refractivity contribution in [3.8, 4) is 0 Å². The molecule has 0 saturated carbocycles. The van der Waals surface area contributed by atoms with Gasteiger partial charge in [0.25, 0.3) is 0 Å². The van der Waals surface area contributed by atoms with E-state index in [4.69, 9.17) is 5.73 Å². The molecular formula is C11H18N2OS. The number of rotatable bonds is 1. The first kappa shape index (κ1) is 11.0. The number of hydrogen-bond donors (Lipinski definition) is 1. The van der Waals surface area contributed by atoms with Crippen molar-refractivity contribution >= 4 is 17.7 Å². The second-order valence-electron chi connectivity index (χ2n) is 4.20. The topological polar surface area (TPSA) is 46.3 Å². The van der Waals surface area contributed by atoms with Crippen LogP contribution in [0.1, 0.15) is 25.7 Å². The molecule has 0 aliphatic carbocycles. The van der Waals surface area contributed by atoms with Gasteiger partial charge in [-0.25, -0.2) is 0 Å². The van der Waals surface area contributed by atoms with Gasteiger partial charge in [-0.1, -0.05) is 6.08 Å². The van der Waals surface area contributed by atoms with Crippen molar-refractivity contribution in [2.45, 2.75) is 43.1 Å². The summed E-state index contributed by atoms with van der Waals surface area (Å²) in [4.78, 5) is 14.1. The largest absolute Gasteiger partial charge is 0.323 e. The Kier molecular flexibility index (Phi) is 3.36. The number of amides is 1. The third kappa shape index (κ3) is 2.06. The zero-order valence-corrected chi connectivity index (χ0v) is 9.71. The summed E-state index contributed by atoms with van der Waals surface area (Å²) in [7, 11) is 0. The molecule has 1 amide bonds. The molecule has 0 spiro atoms. The molecule has 2 aliphatic rings. The van der Waals surface area contributed by atoms with Crippen molar-refractivity contribution in [2.75, 3.05) is 5.75 Å². The zero-order chi connectivity index (χ0) is 10.8. The highest BCUT2D eigenvalue weighted by atomic mass is 32.2. The lowest BCUT2D eigenvalue weighted by Gasteiger charge is -2.40. The molecule has 2 saturated heterocycles. The van der Waals surface area contributed by atoms with E-state index in [-0.39, 0.29) is 18.0 Å². The summed E-state index contributed by atoms with van der Waals surface area (Å²) < 4.78 is 0. The SMILES string of the molecule is C=CC1CCCC2SCCC(N)C(=O)N12. The molecule has 0 aromatic heterocycles. The van der Waals surface area contributed by atoms with E-state index in [0.29, 0.717) is 5.37 Å². The smallest absolute Gasteiger partial charge is 0.240 e. The summed E-state index contributed by atoms with van der Waals surface area (Å²) in [5, 5.41) is 0.336. The van der Waals surface area contributed by atoms with E-state index in [2.05, 4.69) is 6.58 Å². The minimum absolute atomic E-state index is 0.120. The van der Waals surface area contributed by atoms with Crippen LogP contribution in [0.2, 0.25) is 0 Å². The number of carbonyl (C=O) groups is 1. The summed E-state index contributed by atoms with van der Waals surface area (Å²) in [6, 6.07) is -0.101. The maximum absolute atomic E-state index is 12.1. The summed E-state index contributed by atoms with van der Waals surface area (Å²) >= 11 is 1.87. The molecule has 2 rings (SSSR count). The Balaban J connectivity index is 2.22. The lowest BCUT2D eigenvalue weighted by atomic mass is 10.0. The van der Waals surface area contributed by atoms with Crippen LogP contribution in [-0.4, -0.2) is 34.0 Å². The molecule has 3 unspecified atom stereocenters. The van der Waals surface area contributed by atoms with Crippen molar-refractivity contribution in [3.63, 3.8) is 0 Å². The van der Waals surface area contributed by atoms with Crippen molar-refractivity contribution in [1.82, 2.24) is 4.90 Å². The number of carbonyl (C=O) groups excluding carboxylic acids is 1. The number of nitrogens with zero attached hydrogens (tertiary/aromatic N) is 1. The summed E-state index contributed by atoms with van der Waals surface area (Å²) in [5.74, 6) is 1.12. The third-order valence-electron chi connectivity index (χ3n) is 3.20. The van der Waals surface area contributed by atoms with Gasteiger partial charge in [0.2, 0.25) is 5.91 Å². The summed E-state index contributed by atoms with van der Waals surface area (Å²) in [6.07, 6.45) is 6.03. The minimum atomic E-state index is -0.303.